The fourth-order valence-corrected chi connectivity index (χ4v) is 3.44. The van der Waals surface area contributed by atoms with Crippen LogP contribution >= 0.6 is 27.3 Å². The Hall–Kier alpha value is 0.140. The van der Waals surface area contributed by atoms with Crippen molar-refractivity contribution < 1.29 is 0 Å². The molecule has 0 aliphatic heterocycles. The van der Waals surface area contributed by atoms with Gasteiger partial charge in [-0.3, -0.25) is 0 Å². The zero-order valence-electron chi connectivity index (χ0n) is 9.61. The van der Waals surface area contributed by atoms with E-state index in [2.05, 4.69) is 41.2 Å². The first-order chi connectivity index (χ1) is 7.24. The molecule has 15 heavy (non-hydrogen) atoms. The molecule has 0 saturated carbocycles. The van der Waals surface area contributed by atoms with Crippen LogP contribution in [0.25, 0.3) is 0 Å². The Bertz CT molecular complexity index is 283. The van der Waals surface area contributed by atoms with Crippen molar-refractivity contribution in [2.75, 3.05) is 13.1 Å². The van der Waals surface area contributed by atoms with Crippen molar-refractivity contribution in [3.8, 4) is 0 Å². The van der Waals surface area contributed by atoms with Gasteiger partial charge in [0.1, 0.15) is 0 Å². The van der Waals surface area contributed by atoms with Gasteiger partial charge < -0.3 is 5.32 Å². The summed E-state index contributed by atoms with van der Waals surface area (Å²) in [5.41, 5.74) is 0. The third-order valence-corrected chi connectivity index (χ3v) is 4.39. The molecular weight excluding hydrogens is 270 g/mol. The molecule has 1 rings (SSSR count). The summed E-state index contributed by atoms with van der Waals surface area (Å²) in [4.78, 5) is 2.91. The molecule has 1 N–H and O–H groups in total. The fraction of sp³-hybridized carbons (Fsp3) is 0.667. The van der Waals surface area contributed by atoms with E-state index in [9.17, 15) is 0 Å². The minimum Gasteiger partial charge on any atom is -0.317 e. The minimum absolute atomic E-state index is 1.15. The summed E-state index contributed by atoms with van der Waals surface area (Å²) in [5, 5.41) is 3.43. The molecule has 1 heterocycles. The molecule has 0 bridgehead atoms. The highest BCUT2D eigenvalue weighted by Gasteiger charge is 2.03. The third-order valence-electron chi connectivity index (χ3n) is 2.31. The van der Waals surface area contributed by atoms with E-state index in [1.165, 1.54) is 39.9 Å². The Morgan fingerprint density at radius 1 is 1.33 bits per heavy atom. The summed E-state index contributed by atoms with van der Waals surface area (Å²) >= 11 is 5.52. The number of hydrogen-bond acceptors (Lipinski definition) is 2. The highest BCUT2D eigenvalue weighted by Crippen LogP contribution is 2.28. The monoisotopic (exact) mass is 289 g/mol. The Kier molecular flexibility index (Phi) is 6.53. The van der Waals surface area contributed by atoms with Crippen molar-refractivity contribution in [2.45, 2.75) is 39.5 Å². The van der Waals surface area contributed by atoms with Gasteiger partial charge in [0.25, 0.3) is 0 Å². The van der Waals surface area contributed by atoms with Crippen molar-refractivity contribution in [3.05, 3.63) is 20.3 Å². The lowest BCUT2D eigenvalue weighted by molar-refractivity contribution is 0.618. The molecule has 0 fully saturated rings. The van der Waals surface area contributed by atoms with Crippen LogP contribution < -0.4 is 5.32 Å². The van der Waals surface area contributed by atoms with Crippen molar-refractivity contribution in [3.63, 3.8) is 0 Å². The summed E-state index contributed by atoms with van der Waals surface area (Å²) in [6.45, 7) is 6.69. The molecule has 0 atom stereocenters. The zero-order chi connectivity index (χ0) is 11.1. The normalized spacial score (nSPS) is 10.9. The van der Waals surface area contributed by atoms with Gasteiger partial charge in [0.05, 0.1) is 0 Å². The Balaban J connectivity index is 2.12. The molecular formula is C12H20BrNS. The van der Waals surface area contributed by atoms with E-state index in [0.29, 0.717) is 0 Å². The van der Waals surface area contributed by atoms with Crippen molar-refractivity contribution in [1.82, 2.24) is 5.32 Å². The topological polar surface area (TPSA) is 12.0 Å². The van der Waals surface area contributed by atoms with Gasteiger partial charge in [0, 0.05) is 14.2 Å². The Morgan fingerprint density at radius 2 is 2.13 bits per heavy atom. The van der Waals surface area contributed by atoms with E-state index in [1.54, 1.807) is 0 Å². The molecule has 0 unspecified atom stereocenters. The summed E-state index contributed by atoms with van der Waals surface area (Å²) in [7, 11) is 0. The predicted molar refractivity (Wildman–Crippen MR) is 72.9 cm³/mol. The van der Waals surface area contributed by atoms with Crippen molar-refractivity contribution in [1.29, 1.82) is 0 Å². The van der Waals surface area contributed by atoms with Gasteiger partial charge in [-0.2, -0.15) is 0 Å². The van der Waals surface area contributed by atoms with Crippen LogP contribution in [0, 0.1) is 6.92 Å². The molecule has 0 saturated heterocycles. The standard InChI is InChI=1S/C12H20BrNS/c1-3-7-14-8-5-4-6-12-11(13)9-10(2)15-12/h9,14H,3-8H2,1-2H3. The van der Waals surface area contributed by atoms with E-state index in [4.69, 9.17) is 0 Å². The molecule has 1 aromatic rings. The SMILES string of the molecule is CCCNCCCCc1sc(C)cc1Br. The molecule has 3 heteroatoms. The van der Waals surface area contributed by atoms with Crippen LogP contribution in [-0.2, 0) is 6.42 Å². The largest absolute Gasteiger partial charge is 0.317 e. The quantitative estimate of drug-likeness (QED) is 0.744. The number of aryl methyl sites for hydroxylation is 2. The van der Waals surface area contributed by atoms with E-state index in [-0.39, 0.29) is 0 Å². The van der Waals surface area contributed by atoms with E-state index in [0.717, 1.165) is 13.1 Å². The first-order valence-corrected chi connectivity index (χ1v) is 7.30. The number of nitrogens with one attached hydrogen (secondary N) is 1. The van der Waals surface area contributed by atoms with Crippen LogP contribution in [0.5, 0.6) is 0 Å². The second-order valence-corrected chi connectivity index (χ2v) is 6.03. The molecule has 0 aliphatic rings. The van der Waals surface area contributed by atoms with Crippen LogP contribution in [-0.4, -0.2) is 13.1 Å². The second-order valence-electron chi connectivity index (χ2n) is 3.84. The van der Waals surface area contributed by atoms with Gasteiger partial charge in [-0.1, -0.05) is 6.92 Å². The molecule has 1 aromatic heterocycles. The molecule has 0 aromatic carbocycles. The maximum atomic E-state index is 3.61. The lowest BCUT2D eigenvalue weighted by Crippen LogP contribution is -2.15. The average molecular weight is 290 g/mol. The van der Waals surface area contributed by atoms with E-state index in [1.807, 2.05) is 11.3 Å². The van der Waals surface area contributed by atoms with Crippen LogP contribution in [0.4, 0.5) is 0 Å². The molecule has 0 aliphatic carbocycles. The molecule has 0 spiro atoms. The van der Waals surface area contributed by atoms with Gasteiger partial charge in [-0.05, 0) is 67.7 Å². The zero-order valence-corrected chi connectivity index (χ0v) is 12.0. The van der Waals surface area contributed by atoms with Gasteiger partial charge in [0.2, 0.25) is 0 Å². The lowest BCUT2D eigenvalue weighted by Gasteiger charge is -2.02. The highest BCUT2D eigenvalue weighted by atomic mass is 79.9. The molecule has 1 nitrogen and oxygen atoms in total. The van der Waals surface area contributed by atoms with E-state index >= 15 is 0 Å². The lowest BCUT2D eigenvalue weighted by atomic mass is 10.2. The van der Waals surface area contributed by atoms with Crippen LogP contribution in [0.2, 0.25) is 0 Å². The van der Waals surface area contributed by atoms with Crippen molar-refractivity contribution in [2.24, 2.45) is 0 Å². The first kappa shape index (κ1) is 13.2. The van der Waals surface area contributed by atoms with Crippen molar-refractivity contribution >= 4 is 27.3 Å². The number of thiophene rings is 1. The van der Waals surface area contributed by atoms with Gasteiger partial charge in [-0.25, -0.2) is 0 Å². The fourth-order valence-electron chi connectivity index (χ4n) is 1.54. The van der Waals surface area contributed by atoms with Gasteiger partial charge >= 0.3 is 0 Å². The number of rotatable bonds is 7. The maximum absolute atomic E-state index is 3.61. The maximum Gasteiger partial charge on any atom is 0.0317 e. The number of halogens is 1. The molecule has 86 valence electrons. The van der Waals surface area contributed by atoms with Gasteiger partial charge in [-0.15, -0.1) is 11.3 Å². The summed E-state index contributed by atoms with van der Waals surface area (Å²) < 4.78 is 1.30. The Morgan fingerprint density at radius 3 is 2.73 bits per heavy atom. The number of hydrogen-bond donors (Lipinski definition) is 1. The molecule has 0 radical (unpaired) electrons. The smallest absolute Gasteiger partial charge is 0.0317 e. The second kappa shape index (κ2) is 7.42. The first-order valence-electron chi connectivity index (χ1n) is 5.69. The van der Waals surface area contributed by atoms with Crippen LogP contribution in [0.15, 0.2) is 10.5 Å². The average Bonchev–Trinajstić information content (AvgIpc) is 2.51. The number of unbranched alkanes of at least 4 members (excludes halogenated alkanes) is 1. The van der Waals surface area contributed by atoms with Gasteiger partial charge in [0.15, 0.2) is 0 Å². The van der Waals surface area contributed by atoms with Crippen LogP contribution in [0.3, 0.4) is 0 Å². The predicted octanol–water partition coefficient (Wildman–Crippen LogP) is 4.14. The summed E-state index contributed by atoms with van der Waals surface area (Å²) in [5.74, 6) is 0. The minimum atomic E-state index is 1.15. The van der Waals surface area contributed by atoms with Crippen LogP contribution in [0.1, 0.15) is 35.9 Å². The highest BCUT2D eigenvalue weighted by molar-refractivity contribution is 9.10. The summed E-state index contributed by atoms with van der Waals surface area (Å²) in [6.07, 6.45) is 5.02. The Labute approximate surface area is 105 Å². The third kappa shape index (κ3) is 5.14. The summed E-state index contributed by atoms with van der Waals surface area (Å²) in [6, 6.07) is 2.22. The van der Waals surface area contributed by atoms with E-state index < -0.39 is 0 Å². The molecule has 0 amide bonds.